The summed E-state index contributed by atoms with van der Waals surface area (Å²) in [5.74, 6) is 0.338. The maximum Gasteiger partial charge on any atom is 0.243 e. The largest absolute Gasteiger partial charge is 0.319 e. The number of H-pyrrole nitrogens is 1. The summed E-state index contributed by atoms with van der Waals surface area (Å²) in [5.41, 5.74) is 6.62. The third-order valence-electron chi connectivity index (χ3n) is 2.62. The molecule has 0 aliphatic heterocycles. The summed E-state index contributed by atoms with van der Waals surface area (Å²) >= 11 is 0. The van der Waals surface area contributed by atoms with Crippen molar-refractivity contribution in [3.05, 3.63) is 11.8 Å². The third-order valence-corrected chi connectivity index (χ3v) is 2.62. The van der Waals surface area contributed by atoms with Crippen LogP contribution in [0.15, 0.2) is 6.07 Å². The lowest BCUT2D eigenvalue weighted by Gasteiger charge is -2.25. The minimum atomic E-state index is -0.547. The average molecular weight is 238 g/mol. The molecule has 0 saturated heterocycles. The molecule has 0 saturated carbocycles. The number of hydrogen-bond acceptors (Lipinski definition) is 3. The van der Waals surface area contributed by atoms with E-state index in [-0.39, 0.29) is 11.3 Å². The fourth-order valence-electron chi connectivity index (χ4n) is 1.42. The van der Waals surface area contributed by atoms with Crippen molar-refractivity contribution in [2.75, 3.05) is 5.32 Å². The second-order valence-electron chi connectivity index (χ2n) is 5.36. The molecule has 0 aliphatic rings. The second-order valence-corrected chi connectivity index (χ2v) is 5.36. The Morgan fingerprint density at radius 2 is 2.24 bits per heavy atom. The Morgan fingerprint density at radius 3 is 2.76 bits per heavy atom. The number of carbonyl (C=O) groups is 1. The standard InChI is InChI=1S/C12H22N4O/c1-5-6-8-7-9(16-15-8)14-11(17)10(13)12(2,3)4/h7,10H,5-6,13H2,1-4H3,(H2,14,15,16,17)/t10-/m1/s1. The van der Waals surface area contributed by atoms with Crippen LogP contribution in [-0.4, -0.2) is 22.1 Å². The first kappa shape index (κ1) is 13.7. The van der Waals surface area contributed by atoms with Gasteiger partial charge in [-0.1, -0.05) is 34.1 Å². The lowest BCUT2D eigenvalue weighted by molar-refractivity contribution is -0.119. The molecule has 4 N–H and O–H groups in total. The van der Waals surface area contributed by atoms with Crippen molar-refractivity contribution in [1.82, 2.24) is 10.2 Å². The van der Waals surface area contributed by atoms with Crippen LogP contribution in [0.25, 0.3) is 0 Å². The number of amides is 1. The molecule has 0 radical (unpaired) electrons. The van der Waals surface area contributed by atoms with Crippen LogP contribution in [0.4, 0.5) is 5.82 Å². The molecule has 17 heavy (non-hydrogen) atoms. The molecule has 96 valence electrons. The minimum absolute atomic E-state index is 0.202. The van der Waals surface area contributed by atoms with E-state index < -0.39 is 6.04 Å². The smallest absolute Gasteiger partial charge is 0.243 e. The molecule has 0 aromatic carbocycles. The molecule has 5 nitrogen and oxygen atoms in total. The quantitative estimate of drug-likeness (QED) is 0.746. The van der Waals surface area contributed by atoms with Gasteiger partial charge in [0.2, 0.25) is 5.91 Å². The number of nitrogens with one attached hydrogen (secondary N) is 2. The molecule has 0 aliphatic carbocycles. The summed E-state index contributed by atoms with van der Waals surface area (Å²) in [4.78, 5) is 11.8. The summed E-state index contributed by atoms with van der Waals surface area (Å²) in [6.45, 7) is 7.90. The zero-order valence-corrected chi connectivity index (χ0v) is 11.0. The minimum Gasteiger partial charge on any atom is -0.319 e. The zero-order valence-electron chi connectivity index (χ0n) is 11.0. The molecule has 0 unspecified atom stereocenters. The van der Waals surface area contributed by atoms with Gasteiger partial charge in [0.15, 0.2) is 5.82 Å². The Bertz CT molecular complexity index is 378. The summed E-state index contributed by atoms with van der Waals surface area (Å²) < 4.78 is 0. The molecule has 1 amide bonds. The van der Waals surface area contributed by atoms with Crippen LogP contribution in [0.5, 0.6) is 0 Å². The van der Waals surface area contributed by atoms with Crippen molar-refractivity contribution in [2.24, 2.45) is 11.1 Å². The highest BCUT2D eigenvalue weighted by Gasteiger charge is 2.27. The van der Waals surface area contributed by atoms with Gasteiger partial charge in [0, 0.05) is 11.8 Å². The van der Waals surface area contributed by atoms with Gasteiger partial charge in [-0.05, 0) is 11.8 Å². The topological polar surface area (TPSA) is 83.8 Å². The van der Waals surface area contributed by atoms with E-state index in [0.29, 0.717) is 5.82 Å². The van der Waals surface area contributed by atoms with Crippen molar-refractivity contribution < 1.29 is 4.79 Å². The summed E-state index contributed by atoms with van der Waals surface area (Å²) in [7, 11) is 0. The highest BCUT2D eigenvalue weighted by Crippen LogP contribution is 2.18. The Hall–Kier alpha value is -1.36. The van der Waals surface area contributed by atoms with Gasteiger partial charge in [-0.25, -0.2) is 0 Å². The molecule has 0 spiro atoms. The molecule has 5 heteroatoms. The van der Waals surface area contributed by atoms with E-state index in [1.54, 1.807) is 0 Å². The third kappa shape index (κ3) is 3.85. The number of hydrogen-bond donors (Lipinski definition) is 3. The summed E-state index contributed by atoms with van der Waals surface area (Å²) in [6, 6.07) is 1.30. The number of aryl methyl sites for hydroxylation is 1. The maximum absolute atomic E-state index is 11.8. The van der Waals surface area contributed by atoms with Crippen molar-refractivity contribution in [3.63, 3.8) is 0 Å². The fraction of sp³-hybridized carbons (Fsp3) is 0.667. The molecule has 1 rings (SSSR count). The maximum atomic E-state index is 11.8. The van der Waals surface area contributed by atoms with Gasteiger partial charge in [0.1, 0.15) is 0 Å². The number of nitrogens with zero attached hydrogens (tertiary/aromatic N) is 1. The molecular weight excluding hydrogens is 216 g/mol. The first-order valence-corrected chi connectivity index (χ1v) is 5.95. The number of carbonyl (C=O) groups excluding carboxylic acids is 1. The average Bonchev–Trinajstić information content (AvgIpc) is 2.63. The highest BCUT2D eigenvalue weighted by molar-refractivity contribution is 5.94. The van der Waals surface area contributed by atoms with Gasteiger partial charge < -0.3 is 11.1 Å². The lowest BCUT2D eigenvalue weighted by atomic mass is 9.87. The van der Waals surface area contributed by atoms with E-state index in [1.165, 1.54) is 0 Å². The van der Waals surface area contributed by atoms with Crippen LogP contribution in [0.1, 0.15) is 39.8 Å². The van der Waals surface area contributed by atoms with Crippen molar-refractivity contribution >= 4 is 11.7 Å². The van der Waals surface area contributed by atoms with E-state index in [9.17, 15) is 4.79 Å². The molecule has 0 bridgehead atoms. The SMILES string of the molecule is CCCc1cc(NC(=O)[C@@H](N)C(C)(C)C)n[nH]1. The molecule has 1 aromatic rings. The van der Waals surface area contributed by atoms with Crippen LogP contribution >= 0.6 is 0 Å². The predicted molar refractivity (Wildman–Crippen MR) is 68.6 cm³/mol. The lowest BCUT2D eigenvalue weighted by Crippen LogP contribution is -2.45. The predicted octanol–water partition coefficient (Wildman–Crippen LogP) is 1.67. The van der Waals surface area contributed by atoms with Gasteiger partial charge in [0.05, 0.1) is 6.04 Å². The first-order valence-electron chi connectivity index (χ1n) is 5.95. The summed E-state index contributed by atoms with van der Waals surface area (Å²) in [5, 5.41) is 9.63. The van der Waals surface area contributed by atoms with Gasteiger partial charge in [-0.3, -0.25) is 9.89 Å². The normalized spacial score (nSPS) is 13.5. The molecule has 1 heterocycles. The molecule has 1 atom stereocenters. The Balaban J connectivity index is 2.61. The van der Waals surface area contributed by atoms with Gasteiger partial charge in [0.25, 0.3) is 0 Å². The van der Waals surface area contributed by atoms with Crippen LogP contribution in [0.2, 0.25) is 0 Å². The van der Waals surface area contributed by atoms with E-state index in [4.69, 9.17) is 5.73 Å². The van der Waals surface area contributed by atoms with E-state index in [0.717, 1.165) is 18.5 Å². The Morgan fingerprint density at radius 1 is 1.59 bits per heavy atom. The number of nitrogens with two attached hydrogens (primary N) is 1. The highest BCUT2D eigenvalue weighted by atomic mass is 16.2. The van der Waals surface area contributed by atoms with Crippen LogP contribution in [-0.2, 0) is 11.2 Å². The molecule has 0 fully saturated rings. The fourth-order valence-corrected chi connectivity index (χ4v) is 1.42. The first-order chi connectivity index (χ1) is 7.84. The Kier molecular flexibility index (Phi) is 4.28. The van der Waals surface area contributed by atoms with E-state index in [2.05, 4.69) is 22.4 Å². The molecule has 1 aromatic heterocycles. The van der Waals surface area contributed by atoms with Crippen molar-refractivity contribution in [1.29, 1.82) is 0 Å². The van der Waals surface area contributed by atoms with E-state index in [1.807, 2.05) is 26.8 Å². The van der Waals surface area contributed by atoms with Crippen LogP contribution < -0.4 is 11.1 Å². The van der Waals surface area contributed by atoms with Gasteiger partial charge >= 0.3 is 0 Å². The summed E-state index contributed by atoms with van der Waals surface area (Å²) in [6.07, 6.45) is 1.96. The van der Waals surface area contributed by atoms with Crippen LogP contribution in [0.3, 0.4) is 0 Å². The van der Waals surface area contributed by atoms with E-state index >= 15 is 0 Å². The Labute approximate surface area is 102 Å². The second kappa shape index (κ2) is 5.31. The number of aromatic amines is 1. The number of anilines is 1. The molecular formula is C12H22N4O. The van der Waals surface area contributed by atoms with Crippen molar-refractivity contribution in [2.45, 2.75) is 46.6 Å². The van der Waals surface area contributed by atoms with Gasteiger partial charge in [-0.15, -0.1) is 0 Å². The monoisotopic (exact) mass is 238 g/mol. The van der Waals surface area contributed by atoms with Crippen molar-refractivity contribution in [3.8, 4) is 0 Å². The zero-order chi connectivity index (χ0) is 13.1. The van der Waals surface area contributed by atoms with Gasteiger partial charge in [-0.2, -0.15) is 5.10 Å². The number of rotatable bonds is 4. The van der Waals surface area contributed by atoms with Crippen LogP contribution in [0, 0.1) is 5.41 Å². The number of aromatic nitrogens is 2.